The van der Waals surface area contributed by atoms with Crippen molar-refractivity contribution >= 4 is 5.91 Å². The lowest BCUT2D eigenvalue weighted by Crippen LogP contribution is -2.35. The molecule has 2 aromatic carbocycles. The van der Waals surface area contributed by atoms with Crippen LogP contribution in [0.1, 0.15) is 18.1 Å². The van der Waals surface area contributed by atoms with Gasteiger partial charge in [-0.1, -0.05) is 6.07 Å². The van der Waals surface area contributed by atoms with E-state index in [1.165, 1.54) is 5.56 Å². The van der Waals surface area contributed by atoms with E-state index in [1.807, 2.05) is 35.5 Å². The van der Waals surface area contributed by atoms with Gasteiger partial charge < -0.3 is 19.1 Å². The highest BCUT2D eigenvalue weighted by Gasteiger charge is 2.18. The van der Waals surface area contributed by atoms with E-state index in [0.717, 1.165) is 55.5 Å². The van der Waals surface area contributed by atoms with Crippen LogP contribution in [0.5, 0.6) is 11.5 Å². The summed E-state index contributed by atoms with van der Waals surface area (Å²) in [5, 5.41) is 0. The molecule has 0 aliphatic carbocycles. The van der Waals surface area contributed by atoms with Gasteiger partial charge >= 0.3 is 0 Å². The highest BCUT2D eigenvalue weighted by molar-refractivity contribution is 5.73. The molecule has 178 valence electrons. The largest absolute Gasteiger partial charge is 0.493 e. The van der Waals surface area contributed by atoms with Gasteiger partial charge in [0, 0.05) is 56.7 Å². The lowest BCUT2D eigenvalue weighted by Gasteiger charge is -2.27. The maximum absolute atomic E-state index is 12.4. The molecule has 0 atom stereocenters. The SMILES string of the molecule is COc1ccc2cc1OCCN(C(C)=O)Cc1cc(CN3CCOCC3)cc(c1)-n1ccnc1-2. The first-order valence-electron chi connectivity index (χ1n) is 11.6. The first kappa shape index (κ1) is 22.4. The van der Waals surface area contributed by atoms with Crippen LogP contribution in [0.15, 0.2) is 48.8 Å². The van der Waals surface area contributed by atoms with Crippen LogP contribution in [-0.4, -0.2) is 71.8 Å². The predicted molar refractivity (Wildman–Crippen MR) is 128 cm³/mol. The van der Waals surface area contributed by atoms with Crippen molar-refractivity contribution in [2.75, 3.05) is 46.6 Å². The molecule has 0 unspecified atom stereocenters. The topological polar surface area (TPSA) is 69.1 Å². The van der Waals surface area contributed by atoms with Crippen molar-refractivity contribution in [2.24, 2.45) is 0 Å². The number of ether oxygens (including phenoxy) is 3. The third kappa shape index (κ3) is 4.78. The molecule has 8 heteroatoms. The van der Waals surface area contributed by atoms with Crippen LogP contribution >= 0.6 is 0 Å². The number of benzene rings is 2. The number of aromatic nitrogens is 2. The standard InChI is InChI=1S/C26H30N4O4/c1-19(31)29-9-12-34-25-16-22(3-4-24(25)32-2)26-27-5-6-30(26)23-14-20(13-21(15-23)18-29)17-28-7-10-33-11-8-28/h3-6,13-16H,7-12,17-18H2,1-2H3. The van der Waals surface area contributed by atoms with E-state index >= 15 is 0 Å². The molecular formula is C26H30N4O4. The van der Waals surface area contributed by atoms with Crippen LogP contribution in [-0.2, 0) is 22.6 Å². The molecule has 1 amide bonds. The fourth-order valence-corrected chi connectivity index (χ4v) is 4.57. The maximum atomic E-state index is 12.4. The number of fused-ring (bicyclic) bond motifs is 7. The van der Waals surface area contributed by atoms with Gasteiger partial charge in [0.1, 0.15) is 12.4 Å². The number of rotatable bonds is 3. The Labute approximate surface area is 199 Å². The van der Waals surface area contributed by atoms with Crippen LogP contribution in [0, 0.1) is 0 Å². The van der Waals surface area contributed by atoms with Crippen LogP contribution in [0.2, 0.25) is 0 Å². The summed E-state index contributed by atoms with van der Waals surface area (Å²) in [5.41, 5.74) is 4.25. The van der Waals surface area contributed by atoms with E-state index in [4.69, 9.17) is 14.2 Å². The summed E-state index contributed by atoms with van der Waals surface area (Å²) >= 11 is 0. The van der Waals surface area contributed by atoms with Gasteiger partial charge in [0.2, 0.25) is 5.91 Å². The summed E-state index contributed by atoms with van der Waals surface area (Å²) in [6, 6.07) is 12.4. The van der Waals surface area contributed by atoms with Crippen molar-refractivity contribution in [1.29, 1.82) is 0 Å². The Bertz CT molecular complexity index is 1170. The highest BCUT2D eigenvalue weighted by Crippen LogP contribution is 2.33. The lowest BCUT2D eigenvalue weighted by atomic mass is 10.1. The average molecular weight is 463 g/mol. The van der Waals surface area contributed by atoms with E-state index in [0.29, 0.717) is 31.2 Å². The van der Waals surface area contributed by atoms with Gasteiger partial charge in [-0.15, -0.1) is 0 Å². The molecule has 5 rings (SSSR count). The molecule has 2 aliphatic heterocycles. The second kappa shape index (κ2) is 9.87. The molecule has 2 aliphatic rings. The van der Waals surface area contributed by atoms with Crippen molar-refractivity contribution in [1.82, 2.24) is 19.4 Å². The van der Waals surface area contributed by atoms with E-state index in [2.05, 4.69) is 32.7 Å². The van der Waals surface area contributed by atoms with Crippen molar-refractivity contribution in [3.63, 3.8) is 0 Å². The van der Waals surface area contributed by atoms with Crippen molar-refractivity contribution in [3.05, 3.63) is 59.9 Å². The summed E-state index contributed by atoms with van der Waals surface area (Å²) in [5.74, 6) is 2.13. The number of carbonyl (C=O) groups is 1. The maximum Gasteiger partial charge on any atom is 0.219 e. The summed E-state index contributed by atoms with van der Waals surface area (Å²) in [7, 11) is 1.63. The zero-order chi connectivity index (χ0) is 23.5. The monoisotopic (exact) mass is 462 g/mol. The van der Waals surface area contributed by atoms with Crippen LogP contribution in [0.4, 0.5) is 0 Å². The summed E-state index contributed by atoms with van der Waals surface area (Å²) < 4.78 is 19.2. The third-order valence-electron chi connectivity index (χ3n) is 6.33. The zero-order valence-electron chi connectivity index (χ0n) is 19.7. The molecule has 3 heterocycles. The van der Waals surface area contributed by atoms with E-state index in [1.54, 1.807) is 14.0 Å². The van der Waals surface area contributed by atoms with Crippen LogP contribution in [0.3, 0.4) is 0 Å². The Morgan fingerprint density at radius 1 is 1.09 bits per heavy atom. The predicted octanol–water partition coefficient (Wildman–Crippen LogP) is 3.12. The number of imidazole rings is 1. The second-order valence-electron chi connectivity index (χ2n) is 8.67. The number of hydrogen-bond donors (Lipinski definition) is 0. The minimum absolute atomic E-state index is 0.0163. The van der Waals surface area contributed by atoms with E-state index < -0.39 is 0 Å². The number of hydrogen-bond acceptors (Lipinski definition) is 6. The fourth-order valence-electron chi connectivity index (χ4n) is 4.57. The summed E-state index contributed by atoms with van der Waals surface area (Å²) in [6.45, 7) is 7.16. The first-order chi connectivity index (χ1) is 16.6. The Kier molecular flexibility index (Phi) is 6.51. The number of morpholine rings is 1. The van der Waals surface area contributed by atoms with Crippen molar-refractivity contribution in [3.8, 4) is 28.6 Å². The Balaban J connectivity index is 1.60. The number of nitrogens with zero attached hydrogens (tertiary/aromatic N) is 4. The fraction of sp³-hybridized carbons (Fsp3) is 0.385. The first-order valence-corrected chi connectivity index (χ1v) is 11.6. The number of methoxy groups -OCH3 is 1. The zero-order valence-corrected chi connectivity index (χ0v) is 19.7. The van der Waals surface area contributed by atoms with Crippen LogP contribution in [0.25, 0.3) is 17.1 Å². The molecule has 1 saturated heterocycles. The van der Waals surface area contributed by atoms with E-state index in [-0.39, 0.29) is 5.91 Å². The molecule has 0 N–H and O–H groups in total. The molecule has 0 saturated carbocycles. The van der Waals surface area contributed by atoms with Crippen LogP contribution < -0.4 is 9.47 Å². The highest BCUT2D eigenvalue weighted by atomic mass is 16.5. The second-order valence-corrected chi connectivity index (χ2v) is 8.67. The third-order valence-corrected chi connectivity index (χ3v) is 6.33. The average Bonchev–Trinajstić information content (AvgIpc) is 3.33. The molecule has 3 aromatic rings. The number of carbonyl (C=O) groups excluding carboxylic acids is 1. The Morgan fingerprint density at radius 2 is 1.94 bits per heavy atom. The van der Waals surface area contributed by atoms with Gasteiger partial charge in [-0.2, -0.15) is 0 Å². The lowest BCUT2D eigenvalue weighted by molar-refractivity contribution is -0.129. The normalized spacial score (nSPS) is 16.5. The molecule has 0 spiro atoms. The minimum atomic E-state index is 0.0163. The quantitative estimate of drug-likeness (QED) is 0.596. The minimum Gasteiger partial charge on any atom is -0.493 e. The van der Waals surface area contributed by atoms with Gasteiger partial charge in [-0.05, 0) is 41.5 Å². The van der Waals surface area contributed by atoms with Crippen molar-refractivity contribution < 1.29 is 19.0 Å². The summed E-state index contributed by atoms with van der Waals surface area (Å²) in [4.78, 5) is 21.3. The van der Waals surface area contributed by atoms with Gasteiger partial charge in [-0.25, -0.2) is 4.98 Å². The molecule has 0 radical (unpaired) electrons. The van der Waals surface area contributed by atoms with Crippen molar-refractivity contribution in [2.45, 2.75) is 20.0 Å². The number of amides is 1. The van der Waals surface area contributed by atoms with Gasteiger partial charge in [0.15, 0.2) is 11.5 Å². The Morgan fingerprint density at radius 3 is 2.74 bits per heavy atom. The molecule has 8 nitrogen and oxygen atoms in total. The molecule has 1 aromatic heterocycles. The van der Waals surface area contributed by atoms with Gasteiger partial charge in [-0.3, -0.25) is 14.3 Å². The van der Waals surface area contributed by atoms with E-state index in [9.17, 15) is 4.79 Å². The molecule has 4 bridgehead atoms. The van der Waals surface area contributed by atoms with Gasteiger partial charge in [0.05, 0.1) is 26.9 Å². The Hall–Kier alpha value is -3.36. The molecule has 34 heavy (non-hydrogen) atoms. The summed E-state index contributed by atoms with van der Waals surface area (Å²) in [6.07, 6.45) is 3.78. The van der Waals surface area contributed by atoms with Gasteiger partial charge in [0.25, 0.3) is 0 Å². The molecule has 1 fully saturated rings. The smallest absolute Gasteiger partial charge is 0.219 e. The molecular weight excluding hydrogens is 432 g/mol.